The number of carbonyl (C=O) groups is 1. The molecule has 5 heteroatoms. The first-order chi connectivity index (χ1) is 10.3. The number of hydrogen-bond donors (Lipinski definition) is 1. The lowest BCUT2D eigenvalue weighted by atomic mass is 10.2. The zero-order chi connectivity index (χ0) is 14.9. The highest BCUT2D eigenvalue weighted by atomic mass is 16.4. The van der Waals surface area contributed by atoms with Gasteiger partial charge in [-0.15, -0.1) is 0 Å². The fraction of sp³-hybridized carbons (Fsp3) is 0. The van der Waals surface area contributed by atoms with Gasteiger partial charge in [0.1, 0.15) is 0 Å². The van der Waals surface area contributed by atoms with Crippen LogP contribution in [0.25, 0.3) is 11.4 Å². The van der Waals surface area contributed by atoms with Crippen LogP contribution in [-0.2, 0) is 0 Å². The number of nitrogens with zero attached hydrogens (tertiary/aromatic N) is 3. The van der Waals surface area contributed by atoms with Gasteiger partial charge in [0.15, 0.2) is 5.82 Å². The summed E-state index contributed by atoms with van der Waals surface area (Å²) in [4.78, 5) is 22.1. The van der Waals surface area contributed by atoms with Crippen molar-refractivity contribution >= 4 is 5.97 Å². The lowest BCUT2D eigenvalue weighted by Crippen LogP contribution is -1.94. The minimum absolute atomic E-state index is 0.220. The van der Waals surface area contributed by atoms with Crippen molar-refractivity contribution in [2.75, 3.05) is 0 Å². The topological polar surface area (TPSA) is 76.0 Å². The van der Waals surface area contributed by atoms with Crippen molar-refractivity contribution in [3.05, 3.63) is 78.9 Å². The highest BCUT2D eigenvalue weighted by Gasteiger charge is 1.97. The van der Waals surface area contributed by atoms with Crippen LogP contribution in [0.5, 0.6) is 0 Å². The summed E-state index contributed by atoms with van der Waals surface area (Å²) >= 11 is 0. The lowest BCUT2D eigenvalue weighted by molar-refractivity contribution is 0.0696. The Morgan fingerprint density at radius 2 is 1.57 bits per heavy atom. The van der Waals surface area contributed by atoms with Gasteiger partial charge in [0.2, 0.25) is 0 Å². The minimum Gasteiger partial charge on any atom is -0.478 e. The Hall–Kier alpha value is -3.08. The van der Waals surface area contributed by atoms with Crippen molar-refractivity contribution in [1.82, 2.24) is 15.0 Å². The molecule has 0 aliphatic rings. The molecule has 0 spiro atoms. The van der Waals surface area contributed by atoms with E-state index in [-0.39, 0.29) is 5.56 Å². The molecule has 0 aliphatic heterocycles. The van der Waals surface area contributed by atoms with E-state index in [0.29, 0.717) is 0 Å². The van der Waals surface area contributed by atoms with Crippen molar-refractivity contribution in [3.63, 3.8) is 0 Å². The molecular weight excluding hydrogens is 266 g/mol. The molecule has 2 aromatic heterocycles. The number of aromatic nitrogens is 3. The Balaban J connectivity index is 0.000000161. The van der Waals surface area contributed by atoms with Gasteiger partial charge in [0, 0.05) is 30.4 Å². The van der Waals surface area contributed by atoms with Crippen LogP contribution < -0.4 is 0 Å². The van der Waals surface area contributed by atoms with Gasteiger partial charge in [0.25, 0.3) is 0 Å². The van der Waals surface area contributed by atoms with Crippen LogP contribution in [0.1, 0.15) is 10.4 Å². The Bertz CT molecular complexity index is 636. The van der Waals surface area contributed by atoms with Gasteiger partial charge in [0.05, 0.1) is 5.56 Å². The summed E-state index contributed by atoms with van der Waals surface area (Å²) in [7, 11) is 0. The van der Waals surface area contributed by atoms with Gasteiger partial charge < -0.3 is 5.11 Å². The van der Waals surface area contributed by atoms with E-state index in [1.165, 1.54) is 18.5 Å². The molecule has 1 aromatic carbocycles. The Morgan fingerprint density at radius 1 is 0.857 bits per heavy atom. The number of carboxylic acids is 1. The van der Waals surface area contributed by atoms with E-state index in [4.69, 9.17) is 5.11 Å². The van der Waals surface area contributed by atoms with Gasteiger partial charge in [-0.1, -0.05) is 30.3 Å². The molecule has 104 valence electrons. The number of rotatable bonds is 2. The number of hydrogen-bond acceptors (Lipinski definition) is 4. The third-order valence-corrected chi connectivity index (χ3v) is 2.51. The number of benzene rings is 1. The standard InChI is InChI=1S/C10H8N2.C6H5NO2/c1-2-5-9(6-3-1)10-11-7-4-8-12-10;8-6(9)5-2-1-3-7-4-5/h1-8H;1-4H,(H,8,9). The summed E-state index contributed by atoms with van der Waals surface area (Å²) in [5, 5.41) is 8.34. The van der Waals surface area contributed by atoms with Crippen LogP contribution in [0, 0.1) is 0 Å². The molecule has 3 rings (SSSR count). The molecule has 0 saturated heterocycles. The normalized spacial score (nSPS) is 9.33. The molecule has 0 bridgehead atoms. The van der Waals surface area contributed by atoms with E-state index in [1.54, 1.807) is 18.5 Å². The minimum atomic E-state index is -0.942. The van der Waals surface area contributed by atoms with Crippen molar-refractivity contribution in [2.24, 2.45) is 0 Å². The Morgan fingerprint density at radius 3 is 2.10 bits per heavy atom. The summed E-state index contributed by atoms with van der Waals surface area (Å²) in [5.74, 6) is -0.166. The van der Waals surface area contributed by atoms with E-state index >= 15 is 0 Å². The first-order valence-corrected chi connectivity index (χ1v) is 6.23. The monoisotopic (exact) mass is 279 g/mol. The summed E-state index contributed by atoms with van der Waals surface area (Å²) in [6.45, 7) is 0. The van der Waals surface area contributed by atoms with E-state index in [2.05, 4.69) is 15.0 Å². The second-order valence-electron chi connectivity index (χ2n) is 3.99. The fourth-order valence-electron chi connectivity index (χ4n) is 1.52. The van der Waals surface area contributed by atoms with Crippen LogP contribution in [0.15, 0.2) is 73.3 Å². The van der Waals surface area contributed by atoms with Crippen molar-refractivity contribution in [3.8, 4) is 11.4 Å². The molecule has 5 nitrogen and oxygen atoms in total. The van der Waals surface area contributed by atoms with Crippen LogP contribution in [-0.4, -0.2) is 26.0 Å². The molecule has 0 radical (unpaired) electrons. The average Bonchev–Trinajstić information content (AvgIpc) is 2.58. The van der Waals surface area contributed by atoms with Crippen LogP contribution in [0.3, 0.4) is 0 Å². The highest BCUT2D eigenvalue weighted by Crippen LogP contribution is 2.11. The van der Waals surface area contributed by atoms with Crippen LogP contribution in [0.4, 0.5) is 0 Å². The van der Waals surface area contributed by atoms with Gasteiger partial charge in [-0.2, -0.15) is 0 Å². The summed E-state index contributed by atoms with van der Waals surface area (Å²) < 4.78 is 0. The average molecular weight is 279 g/mol. The quantitative estimate of drug-likeness (QED) is 0.780. The molecule has 3 aromatic rings. The number of pyridine rings is 1. The predicted molar refractivity (Wildman–Crippen MR) is 78.7 cm³/mol. The molecule has 0 aliphatic carbocycles. The van der Waals surface area contributed by atoms with E-state index in [0.717, 1.165) is 11.4 Å². The van der Waals surface area contributed by atoms with Crippen LogP contribution >= 0.6 is 0 Å². The molecule has 0 atom stereocenters. The Labute approximate surface area is 122 Å². The first-order valence-electron chi connectivity index (χ1n) is 6.23. The molecular formula is C16H13N3O2. The molecule has 2 heterocycles. The van der Waals surface area contributed by atoms with Crippen LogP contribution in [0.2, 0.25) is 0 Å². The Kier molecular flexibility index (Phi) is 5.11. The van der Waals surface area contributed by atoms with Crippen molar-refractivity contribution in [1.29, 1.82) is 0 Å². The smallest absolute Gasteiger partial charge is 0.337 e. The summed E-state index contributed by atoms with van der Waals surface area (Å²) in [6, 6.07) is 14.8. The largest absolute Gasteiger partial charge is 0.478 e. The molecule has 0 fully saturated rings. The van der Waals surface area contributed by atoms with Crippen molar-refractivity contribution < 1.29 is 9.90 Å². The summed E-state index contributed by atoms with van der Waals surface area (Å²) in [6.07, 6.45) is 6.33. The van der Waals surface area contributed by atoms with Gasteiger partial charge in [-0.25, -0.2) is 14.8 Å². The van der Waals surface area contributed by atoms with E-state index in [1.807, 2.05) is 36.4 Å². The molecule has 0 unspecified atom stereocenters. The number of carboxylic acid groups (broad SMARTS) is 1. The molecule has 1 N–H and O–H groups in total. The zero-order valence-electron chi connectivity index (χ0n) is 11.1. The third kappa shape index (κ3) is 4.50. The predicted octanol–water partition coefficient (Wildman–Crippen LogP) is 2.92. The van der Waals surface area contributed by atoms with Gasteiger partial charge >= 0.3 is 5.97 Å². The lowest BCUT2D eigenvalue weighted by Gasteiger charge is -1.96. The maximum Gasteiger partial charge on any atom is 0.337 e. The van der Waals surface area contributed by atoms with E-state index < -0.39 is 5.97 Å². The highest BCUT2D eigenvalue weighted by molar-refractivity contribution is 5.86. The molecule has 0 saturated carbocycles. The maximum atomic E-state index is 10.2. The fourth-order valence-corrected chi connectivity index (χ4v) is 1.52. The molecule has 0 amide bonds. The molecule has 21 heavy (non-hydrogen) atoms. The summed E-state index contributed by atoms with van der Waals surface area (Å²) in [5.41, 5.74) is 1.27. The zero-order valence-corrected chi connectivity index (χ0v) is 11.1. The van der Waals surface area contributed by atoms with Gasteiger partial charge in [-0.05, 0) is 18.2 Å². The maximum absolute atomic E-state index is 10.2. The SMILES string of the molecule is O=C(O)c1cccnc1.c1ccc(-c2ncccn2)cc1. The van der Waals surface area contributed by atoms with E-state index in [9.17, 15) is 4.79 Å². The van der Waals surface area contributed by atoms with Gasteiger partial charge in [-0.3, -0.25) is 4.98 Å². The van der Waals surface area contributed by atoms with Crippen molar-refractivity contribution in [2.45, 2.75) is 0 Å². The third-order valence-electron chi connectivity index (χ3n) is 2.51. The number of aromatic carboxylic acids is 1. The second-order valence-corrected chi connectivity index (χ2v) is 3.99. The first kappa shape index (κ1) is 14.3. The second kappa shape index (κ2) is 7.49.